The fraction of sp³-hybridized carbons (Fsp3) is 0.417. The molecule has 1 aromatic rings. The van der Waals surface area contributed by atoms with Crippen LogP contribution in [0.3, 0.4) is 0 Å². The Hall–Kier alpha value is -1.72. The minimum absolute atomic E-state index is 0.0607. The molecule has 1 amide bonds. The molecule has 0 saturated carbocycles. The van der Waals surface area contributed by atoms with E-state index in [2.05, 4.69) is 5.32 Å². The highest BCUT2D eigenvalue weighted by atomic mass is 19.4. The topological polar surface area (TPSA) is 41.1 Å². The van der Waals surface area contributed by atoms with Gasteiger partial charge in [0.05, 0.1) is 0 Å². The molecule has 98 valence electrons. The molecular weight excluding hydrogens is 245 g/mol. The Morgan fingerprint density at radius 1 is 1.39 bits per heavy atom. The van der Waals surface area contributed by atoms with Crippen LogP contribution in [0.1, 0.15) is 17.9 Å². The summed E-state index contributed by atoms with van der Waals surface area (Å²) in [5.74, 6) is -0.634. The summed E-state index contributed by atoms with van der Waals surface area (Å²) in [5.41, 5.74) is 1.94. The number of para-hydroxylation sites is 1. The van der Waals surface area contributed by atoms with Crippen molar-refractivity contribution in [1.82, 2.24) is 5.32 Å². The van der Waals surface area contributed by atoms with Gasteiger partial charge in [0.1, 0.15) is 6.54 Å². The maximum Gasteiger partial charge on any atom is 0.405 e. The lowest BCUT2D eigenvalue weighted by Gasteiger charge is -2.12. The predicted molar refractivity (Wildman–Crippen MR) is 61.4 cm³/mol. The highest BCUT2D eigenvalue weighted by molar-refractivity contribution is 5.78. The molecule has 0 aromatic heterocycles. The molecule has 1 aromatic carbocycles. The van der Waals surface area contributed by atoms with Crippen molar-refractivity contribution < 1.29 is 18.0 Å². The summed E-state index contributed by atoms with van der Waals surface area (Å²) in [6.45, 7) is -0.688. The Morgan fingerprint density at radius 2 is 2.11 bits per heavy atom. The molecule has 2 N–H and O–H groups in total. The first-order valence-corrected chi connectivity index (χ1v) is 5.62. The van der Waals surface area contributed by atoms with Gasteiger partial charge in [0.2, 0.25) is 5.91 Å². The molecule has 0 fully saturated rings. The largest absolute Gasteiger partial charge is 0.405 e. The maximum atomic E-state index is 11.9. The van der Waals surface area contributed by atoms with E-state index in [0.29, 0.717) is 6.54 Å². The molecule has 1 aliphatic rings. The average Bonchev–Trinajstić information content (AvgIpc) is 2.70. The lowest BCUT2D eigenvalue weighted by Crippen LogP contribution is -2.34. The zero-order chi connectivity index (χ0) is 13.2. The number of anilines is 1. The van der Waals surface area contributed by atoms with Crippen LogP contribution in [0.2, 0.25) is 0 Å². The van der Waals surface area contributed by atoms with Crippen molar-refractivity contribution in [3.63, 3.8) is 0 Å². The highest BCUT2D eigenvalue weighted by Gasteiger charge is 2.29. The van der Waals surface area contributed by atoms with Crippen molar-refractivity contribution in [2.75, 3.05) is 18.4 Å². The number of fused-ring (bicyclic) bond motifs is 1. The Labute approximate surface area is 102 Å². The van der Waals surface area contributed by atoms with E-state index in [1.165, 1.54) is 0 Å². The van der Waals surface area contributed by atoms with Crippen LogP contribution in [0, 0.1) is 0 Å². The van der Waals surface area contributed by atoms with E-state index in [9.17, 15) is 18.0 Å². The summed E-state index contributed by atoms with van der Waals surface area (Å²) in [4.78, 5) is 11.4. The molecule has 2 rings (SSSR count). The van der Waals surface area contributed by atoms with Crippen LogP contribution in [-0.2, 0) is 4.79 Å². The van der Waals surface area contributed by atoms with Gasteiger partial charge < -0.3 is 10.6 Å². The third kappa shape index (κ3) is 3.15. The highest BCUT2D eigenvalue weighted by Crippen LogP contribution is 2.33. The maximum absolute atomic E-state index is 11.9. The number of hydrogen-bond donors (Lipinski definition) is 2. The van der Waals surface area contributed by atoms with E-state index in [1.807, 2.05) is 29.6 Å². The third-order valence-electron chi connectivity index (χ3n) is 2.86. The van der Waals surface area contributed by atoms with Crippen molar-refractivity contribution in [2.24, 2.45) is 0 Å². The average molecular weight is 258 g/mol. The molecule has 3 nitrogen and oxygen atoms in total. The molecule has 0 spiro atoms. The van der Waals surface area contributed by atoms with Crippen molar-refractivity contribution in [3.8, 4) is 0 Å². The van der Waals surface area contributed by atoms with Gasteiger partial charge in [0.15, 0.2) is 0 Å². The summed E-state index contributed by atoms with van der Waals surface area (Å²) >= 11 is 0. The zero-order valence-electron chi connectivity index (χ0n) is 9.55. The smallest absolute Gasteiger partial charge is 0.384 e. The molecule has 1 heterocycles. The van der Waals surface area contributed by atoms with E-state index < -0.39 is 18.6 Å². The molecular formula is C12H13F3N2O. The van der Waals surface area contributed by atoms with Crippen LogP contribution in [0.15, 0.2) is 24.3 Å². The van der Waals surface area contributed by atoms with E-state index in [1.54, 1.807) is 0 Å². The van der Waals surface area contributed by atoms with Gasteiger partial charge in [-0.05, 0) is 11.6 Å². The fourth-order valence-electron chi connectivity index (χ4n) is 2.03. The Morgan fingerprint density at radius 3 is 2.83 bits per heavy atom. The number of amides is 1. The fourth-order valence-corrected chi connectivity index (χ4v) is 2.03. The lowest BCUT2D eigenvalue weighted by atomic mass is 9.98. The first-order valence-electron chi connectivity index (χ1n) is 5.62. The Bertz CT molecular complexity index is 445. The number of halogens is 3. The van der Waals surface area contributed by atoms with Crippen LogP contribution in [0.25, 0.3) is 0 Å². The normalized spacial score (nSPS) is 18.1. The number of alkyl halides is 3. The van der Waals surface area contributed by atoms with Gasteiger partial charge in [-0.25, -0.2) is 0 Å². The second-order valence-electron chi connectivity index (χ2n) is 4.26. The van der Waals surface area contributed by atoms with E-state index in [-0.39, 0.29) is 12.3 Å². The molecule has 1 atom stereocenters. The van der Waals surface area contributed by atoms with Crippen molar-refractivity contribution in [1.29, 1.82) is 0 Å². The number of hydrogen-bond acceptors (Lipinski definition) is 2. The Kier molecular flexibility index (Phi) is 3.45. The van der Waals surface area contributed by atoms with E-state index in [0.717, 1.165) is 11.3 Å². The monoisotopic (exact) mass is 258 g/mol. The van der Waals surface area contributed by atoms with Gasteiger partial charge in [-0.15, -0.1) is 0 Å². The van der Waals surface area contributed by atoms with E-state index in [4.69, 9.17) is 0 Å². The quantitative estimate of drug-likeness (QED) is 0.873. The lowest BCUT2D eigenvalue weighted by molar-refractivity contribution is -0.138. The van der Waals surface area contributed by atoms with Crippen molar-refractivity contribution in [2.45, 2.75) is 18.5 Å². The second-order valence-corrected chi connectivity index (χ2v) is 4.26. The van der Waals surface area contributed by atoms with Gasteiger partial charge >= 0.3 is 6.18 Å². The standard InChI is InChI=1S/C12H13F3N2O/c13-12(14,15)7-17-11(18)5-8-6-16-10-4-2-1-3-9(8)10/h1-4,8,16H,5-7H2,(H,17,18). The summed E-state index contributed by atoms with van der Waals surface area (Å²) in [6, 6.07) is 7.50. The summed E-state index contributed by atoms with van der Waals surface area (Å²) in [5, 5.41) is 5.01. The van der Waals surface area contributed by atoms with E-state index >= 15 is 0 Å². The number of rotatable bonds is 3. The minimum atomic E-state index is -4.36. The molecule has 0 radical (unpaired) electrons. The third-order valence-corrected chi connectivity index (χ3v) is 2.86. The summed E-state index contributed by atoms with van der Waals surface area (Å²) in [6.07, 6.45) is -4.29. The van der Waals surface area contributed by atoms with Crippen molar-refractivity contribution >= 4 is 11.6 Å². The molecule has 18 heavy (non-hydrogen) atoms. The number of nitrogens with one attached hydrogen (secondary N) is 2. The van der Waals surface area contributed by atoms with Gasteiger partial charge in [-0.2, -0.15) is 13.2 Å². The number of carbonyl (C=O) groups is 1. The number of carbonyl (C=O) groups excluding carboxylic acids is 1. The van der Waals surface area contributed by atoms with Gasteiger partial charge in [-0.3, -0.25) is 4.79 Å². The van der Waals surface area contributed by atoms with Crippen LogP contribution in [-0.4, -0.2) is 25.2 Å². The molecule has 6 heteroatoms. The second kappa shape index (κ2) is 4.88. The van der Waals surface area contributed by atoms with Gasteiger partial charge in [-0.1, -0.05) is 18.2 Å². The molecule has 0 saturated heterocycles. The zero-order valence-corrected chi connectivity index (χ0v) is 9.55. The molecule has 0 bridgehead atoms. The van der Waals surface area contributed by atoms with Crippen LogP contribution in [0.4, 0.5) is 18.9 Å². The summed E-state index contributed by atoms with van der Waals surface area (Å²) < 4.78 is 35.8. The molecule has 1 unspecified atom stereocenters. The predicted octanol–water partition coefficient (Wildman–Crippen LogP) is 2.26. The van der Waals surface area contributed by atoms with Gasteiger partial charge in [0, 0.05) is 24.6 Å². The minimum Gasteiger partial charge on any atom is -0.384 e. The molecule has 1 aliphatic heterocycles. The first kappa shape index (κ1) is 12.7. The van der Waals surface area contributed by atoms with Crippen LogP contribution in [0.5, 0.6) is 0 Å². The summed E-state index contributed by atoms with van der Waals surface area (Å²) in [7, 11) is 0. The Balaban J connectivity index is 1.90. The van der Waals surface area contributed by atoms with Crippen LogP contribution < -0.4 is 10.6 Å². The number of benzene rings is 1. The van der Waals surface area contributed by atoms with Crippen molar-refractivity contribution in [3.05, 3.63) is 29.8 Å². The van der Waals surface area contributed by atoms with Gasteiger partial charge in [0.25, 0.3) is 0 Å². The molecule has 0 aliphatic carbocycles. The van der Waals surface area contributed by atoms with Crippen LogP contribution >= 0.6 is 0 Å². The SMILES string of the molecule is O=C(CC1CNc2ccccc21)NCC(F)(F)F. The first-order chi connectivity index (χ1) is 8.46.